The molecule has 1 aliphatic rings. The van der Waals surface area contributed by atoms with Gasteiger partial charge in [0, 0.05) is 18.4 Å². The van der Waals surface area contributed by atoms with E-state index in [0.717, 1.165) is 22.3 Å². The first kappa shape index (κ1) is 23.8. The van der Waals surface area contributed by atoms with Crippen LogP contribution in [0.5, 0.6) is 0 Å². The zero-order valence-corrected chi connectivity index (χ0v) is 18.3. The molecule has 1 unspecified atom stereocenters. The van der Waals surface area contributed by atoms with Gasteiger partial charge in [0.1, 0.15) is 13.2 Å². The van der Waals surface area contributed by atoms with Crippen molar-refractivity contribution >= 4 is 23.9 Å². The average molecular weight is 453 g/mol. The maximum atomic E-state index is 12.1. The van der Waals surface area contributed by atoms with Crippen LogP contribution in [0.3, 0.4) is 0 Å². The number of carbonyl (C=O) groups is 4. The molecular weight excluding hydrogens is 426 g/mol. The summed E-state index contributed by atoms with van der Waals surface area (Å²) in [5.41, 5.74) is 4.43. The van der Waals surface area contributed by atoms with E-state index in [4.69, 9.17) is 9.84 Å². The molecule has 4 N–H and O–H groups in total. The van der Waals surface area contributed by atoms with Gasteiger partial charge in [-0.25, -0.2) is 4.79 Å². The molecule has 174 valence electrons. The van der Waals surface area contributed by atoms with Gasteiger partial charge < -0.3 is 25.8 Å². The fraction of sp³-hybridized carbons (Fsp3) is 0.333. The van der Waals surface area contributed by atoms with Crippen molar-refractivity contribution in [2.45, 2.75) is 31.7 Å². The SMILES string of the molecule is CC(CCC(=O)O)NC(=O)CNC(=O)CNC(=O)OCC1c2ccccc2-c2ccccc21. The quantitative estimate of drug-likeness (QED) is 0.435. The van der Waals surface area contributed by atoms with E-state index in [1.807, 2.05) is 48.5 Å². The van der Waals surface area contributed by atoms with Gasteiger partial charge in [-0.15, -0.1) is 0 Å². The van der Waals surface area contributed by atoms with E-state index in [9.17, 15) is 19.2 Å². The highest BCUT2D eigenvalue weighted by molar-refractivity contribution is 5.87. The molecule has 0 saturated heterocycles. The van der Waals surface area contributed by atoms with Crippen LogP contribution in [0.2, 0.25) is 0 Å². The topological polar surface area (TPSA) is 134 Å². The van der Waals surface area contributed by atoms with Crippen LogP contribution < -0.4 is 16.0 Å². The number of aliphatic carboxylic acids is 1. The van der Waals surface area contributed by atoms with E-state index in [-0.39, 0.29) is 38.1 Å². The molecule has 0 spiro atoms. The number of alkyl carbamates (subject to hydrolysis) is 1. The van der Waals surface area contributed by atoms with E-state index in [1.54, 1.807) is 6.92 Å². The Morgan fingerprint density at radius 3 is 2.09 bits per heavy atom. The first-order chi connectivity index (χ1) is 15.8. The van der Waals surface area contributed by atoms with Gasteiger partial charge in [-0.2, -0.15) is 0 Å². The Hall–Kier alpha value is -3.88. The van der Waals surface area contributed by atoms with Crippen LogP contribution >= 0.6 is 0 Å². The van der Waals surface area contributed by atoms with Crippen molar-refractivity contribution in [2.75, 3.05) is 19.7 Å². The molecule has 3 rings (SSSR count). The summed E-state index contributed by atoms with van der Waals surface area (Å²) >= 11 is 0. The van der Waals surface area contributed by atoms with Crippen LogP contribution in [0.4, 0.5) is 4.79 Å². The van der Waals surface area contributed by atoms with Crippen LogP contribution in [0.15, 0.2) is 48.5 Å². The van der Waals surface area contributed by atoms with Crippen molar-refractivity contribution in [1.82, 2.24) is 16.0 Å². The van der Waals surface area contributed by atoms with Crippen LogP contribution in [0, 0.1) is 0 Å². The van der Waals surface area contributed by atoms with Gasteiger partial charge in [0.15, 0.2) is 0 Å². The third-order valence-electron chi connectivity index (χ3n) is 5.38. The standard InChI is InChI=1S/C24H27N3O6/c1-15(10-11-23(30)31)27-22(29)13-25-21(28)12-26-24(32)33-14-20-18-8-4-2-6-16(18)17-7-3-5-9-19(17)20/h2-9,15,20H,10-14H2,1H3,(H,25,28)(H,26,32)(H,27,29)(H,30,31). The van der Waals surface area contributed by atoms with Crippen molar-refractivity contribution in [1.29, 1.82) is 0 Å². The van der Waals surface area contributed by atoms with Gasteiger partial charge >= 0.3 is 12.1 Å². The first-order valence-corrected chi connectivity index (χ1v) is 10.7. The second kappa shape index (κ2) is 11.1. The number of fused-ring (bicyclic) bond motifs is 3. The van der Waals surface area contributed by atoms with Crippen molar-refractivity contribution < 1.29 is 29.0 Å². The third kappa shape index (κ3) is 6.55. The monoisotopic (exact) mass is 453 g/mol. The lowest BCUT2D eigenvalue weighted by Gasteiger charge is -2.15. The molecule has 2 aromatic carbocycles. The number of hydrogen-bond acceptors (Lipinski definition) is 5. The second-order valence-electron chi connectivity index (χ2n) is 7.86. The minimum absolute atomic E-state index is 0.0577. The second-order valence-corrected chi connectivity index (χ2v) is 7.86. The lowest BCUT2D eigenvalue weighted by atomic mass is 9.98. The summed E-state index contributed by atoms with van der Waals surface area (Å²) in [6.07, 6.45) is -0.491. The third-order valence-corrected chi connectivity index (χ3v) is 5.38. The van der Waals surface area contributed by atoms with E-state index in [2.05, 4.69) is 16.0 Å². The lowest BCUT2D eigenvalue weighted by molar-refractivity contribution is -0.137. The highest BCUT2D eigenvalue weighted by Gasteiger charge is 2.29. The van der Waals surface area contributed by atoms with Crippen LogP contribution in [-0.4, -0.2) is 54.7 Å². The maximum Gasteiger partial charge on any atom is 0.407 e. The van der Waals surface area contributed by atoms with E-state index < -0.39 is 23.9 Å². The predicted molar refractivity (Wildman–Crippen MR) is 121 cm³/mol. The average Bonchev–Trinajstić information content (AvgIpc) is 3.12. The number of rotatable bonds is 10. The summed E-state index contributed by atoms with van der Waals surface area (Å²) in [6, 6.07) is 15.6. The van der Waals surface area contributed by atoms with Crippen molar-refractivity contribution in [3.63, 3.8) is 0 Å². The van der Waals surface area contributed by atoms with Crippen molar-refractivity contribution in [2.24, 2.45) is 0 Å². The van der Waals surface area contributed by atoms with Gasteiger partial charge in [0.25, 0.3) is 0 Å². The number of carboxylic acids is 1. The van der Waals surface area contributed by atoms with Gasteiger partial charge in [-0.3, -0.25) is 14.4 Å². The minimum atomic E-state index is -0.941. The minimum Gasteiger partial charge on any atom is -0.481 e. The Balaban J connectivity index is 1.39. The Morgan fingerprint density at radius 1 is 0.909 bits per heavy atom. The van der Waals surface area contributed by atoms with E-state index >= 15 is 0 Å². The molecule has 0 aromatic heterocycles. The fourth-order valence-electron chi connectivity index (χ4n) is 3.78. The van der Waals surface area contributed by atoms with Crippen molar-refractivity contribution in [3.8, 4) is 11.1 Å². The van der Waals surface area contributed by atoms with Gasteiger partial charge in [0.2, 0.25) is 11.8 Å². The number of hydrogen-bond donors (Lipinski definition) is 4. The number of carboxylic acid groups (broad SMARTS) is 1. The molecular formula is C24H27N3O6. The largest absolute Gasteiger partial charge is 0.481 e. The molecule has 0 radical (unpaired) electrons. The highest BCUT2D eigenvalue weighted by Crippen LogP contribution is 2.44. The van der Waals surface area contributed by atoms with Crippen molar-refractivity contribution in [3.05, 3.63) is 59.7 Å². The summed E-state index contributed by atoms with van der Waals surface area (Å²) in [5.74, 6) is -2.01. The molecule has 0 heterocycles. The number of benzene rings is 2. The summed E-state index contributed by atoms with van der Waals surface area (Å²) in [5, 5.41) is 16.0. The Labute approximate surface area is 191 Å². The Bertz CT molecular complexity index is 993. The predicted octanol–water partition coefficient (Wildman–Crippen LogP) is 2.01. The van der Waals surface area contributed by atoms with Gasteiger partial charge in [-0.05, 0) is 35.6 Å². The summed E-state index contributed by atoms with van der Waals surface area (Å²) in [7, 11) is 0. The molecule has 0 saturated carbocycles. The zero-order chi connectivity index (χ0) is 23.8. The number of ether oxygens (including phenoxy) is 1. The molecule has 33 heavy (non-hydrogen) atoms. The molecule has 0 aliphatic heterocycles. The number of nitrogens with one attached hydrogen (secondary N) is 3. The van der Waals surface area contributed by atoms with Crippen LogP contribution in [0.1, 0.15) is 36.8 Å². The molecule has 1 aliphatic carbocycles. The normalized spacial score (nSPS) is 12.8. The van der Waals surface area contributed by atoms with Gasteiger partial charge in [-0.1, -0.05) is 48.5 Å². The highest BCUT2D eigenvalue weighted by atomic mass is 16.5. The number of carbonyl (C=O) groups excluding carboxylic acids is 3. The smallest absolute Gasteiger partial charge is 0.407 e. The Morgan fingerprint density at radius 2 is 1.48 bits per heavy atom. The fourth-order valence-corrected chi connectivity index (χ4v) is 3.78. The molecule has 2 aromatic rings. The summed E-state index contributed by atoms with van der Waals surface area (Å²) < 4.78 is 5.36. The van der Waals surface area contributed by atoms with E-state index in [1.165, 1.54) is 0 Å². The lowest BCUT2D eigenvalue weighted by Crippen LogP contribution is -2.44. The first-order valence-electron chi connectivity index (χ1n) is 10.7. The van der Waals surface area contributed by atoms with E-state index in [0.29, 0.717) is 6.42 Å². The molecule has 9 heteroatoms. The Kier molecular flexibility index (Phi) is 8.01. The summed E-state index contributed by atoms with van der Waals surface area (Å²) in [6.45, 7) is 1.21. The maximum absolute atomic E-state index is 12.1. The van der Waals surface area contributed by atoms with Gasteiger partial charge in [0.05, 0.1) is 6.54 Å². The molecule has 9 nitrogen and oxygen atoms in total. The van der Waals surface area contributed by atoms with Crippen LogP contribution in [0.25, 0.3) is 11.1 Å². The number of amides is 3. The molecule has 0 fully saturated rings. The summed E-state index contributed by atoms with van der Waals surface area (Å²) in [4.78, 5) is 46.4. The zero-order valence-electron chi connectivity index (χ0n) is 18.3. The molecule has 0 bridgehead atoms. The van der Waals surface area contributed by atoms with Crippen LogP contribution in [-0.2, 0) is 19.1 Å². The molecule has 1 atom stereocenters. The molecule has 3 amide bonds.